The van der Waals surface area contributed by atoms with Gasteiger partial charge in [0.25, 0.3) is 5.91 Å². The number of piperidine rings is 1. The molecule has 0 spiro atoms. The number of ether oxygens (including phenoxy) is 2. The van der Waals surface area contributed by atoms with E-state index in [1.165, 1.54) is 21.3 Å². The summed E-state index contributed by atoms with van der Waals surface area (Å²) in [5, 5.41) is 16.6. The maximum Gasteiger partial charge on any atom is 0.254 e. The molecule has 1 aliphatic rings. The molecule has 3 aromatic carbocycles. The van der Waals surface area contributed by atoms with Gasteiger partial charge in [0, 0.05) is 31.6 Å². The Labute approximate surface area is 277 Å². The zero-order chi connectivity index (χ0) is 31.9. The Kier molecular flexibility index (Phi) is 12.0. The van der Waals surface area contributed by atoms with Crippen molar-refractivity contribution in [3.8, 4) is 11.5 Å². The average Bonchev–Trinajstić information content (AvgIpc) is 3.03. The third kappa shape index (κ3) is 8.06. The Balaban J connectivity index is 1.54. The van der Waals surface area contributed by atoms with E-state index in [-0.39, 0.29) is 18.4 Å². The second kappa shape index (κ2) is 15.5. The number of oxime groups is 1. The van der Waals surface area contributed by atoms with Gasteiger partial charge in [-0.15, -0.1) is 0 Å². The van der Waals surface area contributed by atoms with Crippen LogP contribution >= 0.6 is 39.1 Å². The first-order valence-corrected chi connectivity index (χ1v) is 15.9. The number of hydrogen-bond donors (Lipinski definition) is 1. The van der Waals surface area contributed by atoms with Gasteiger partial charge in [0.15, 0.2) is 0 Å². The number of nitrogens with zero attached hydrogens (tertiary/aromatic N) is 3. The molecule has 1 aliphatic heterocycles. The van der Waals surface area contributed by atoms with Gasteiger partial charge in [-0.3, -0.25) is 4.79 Å². The number of likely N-dealkylation sites (tertiary alicyclic amines) is 1. The monoisotopic (exact) mass is 705 g/mol. The lowest BCUT2D eigenvalue weighted by Crippen LogP contribution is -2.43. The number of aliphatic hydroxyl groups is 1. The minimum Gasteiger partial charge on any atom is -0.495 e. The van der Waals surface area contributed by atoms with Crippen LogP contribution in [0.4, 0.5) is 0 Å². The van der Waals surface area contributed by atoms with E-state index >= 15 is 0 Å². The van der Waals surface area contributed by atoms with Crippen LogP contribution in [0.15, 0.2) is 70.3 Å². The number of carbonyl (C=O) groups is 1. The predicted octanol–water partition coefficient (Wildman–Crippen LogP) is 7.01. The summed E-state index contributed by atoms with van der Waals surface area (Å²) in [5.74, 6) is 0.522. The fourth-order valence-electron chi connectivity index (χ4n) is 5.60. The summed E-state index contributed by atoms with van der Waals surface area (Å²) in [6.45, 7) is 2.45. The van der Waals surface area contributed by atoms with Gasteiger partial charge in [0.05, 0.1) is 42.1 Å². The van der Waals surface area contributed by atoms with Crippen LogP contribution in [0.2, 0.25) is 10.0 Å². The van der Waals surface area contributed by atoms with E-state index in [9.17, 15) is 9.90 Å². The molecule has 1 heterocycles. The molecule has 3 aromatic rings. The van der Waals surface area contributed by atoms with Crippen molar-refractivity contribution >= 4 is 50.8 Å². The maximum absolute atomic E-state index is 13.6. The number of methoxy groups -OCH3 is 2. The molecule has 1 saturated heterocycles. The third-order valence-electron chi connectivity index (χ3n) is 8.12. The average molecular weight is 707 g/mol. The van der Waals surface area contributed by atoms with Gasteiger partial charge in [0.2, 0.25) is 0 Å². The topological polar surface area (TPSA) is 83.8 Å². The number of rotatable bonds is 12. The van der Waals surface area contributed by atoms with Gasteiger partial charge in [-0.25, -0.2) is 0 Å². The fraction of sp³-hybridized carbons (Fsp3) is 0.394. The van der Waals surface area contributed by atoms with Crippen LogP contribution in [0.1, 0.15) is 46.7 Å². The van der Waals surface area contributed by atoms with Gasteiger partial charge in [-0.05, 0) is 77.1 Å². The molecule has 44 heavy (non-hydrogen) atoms. The summed E-state index contributed by atoms with van der Waals surface area (Å²) in [4.78, 5) is 22.8. The van der Waals surface area contributed by atoms with Gasteiger partial charge >= 0.3 is 0 Å². The molecule has 236 valence electrons. The summed E-state index contributed by atoms with van der Waals surface area (Å²) in [7, 11) is 6.28. The van der Waals surface area contributed by atoms with Crippen LogP contribution in [-0.4, -0.2) is 81.1 Å². The Bertz CT molecular complexity index is 1440. The molecule has 1 fully saturated rings. The molecule has 0 aromatic heterocycles. The highest BCUT2D eigenvalue weighted by atomic mass is 79.9. The van der Waals surface area contributed by atoms with Crippen LogP contribution in [0.25, 0.3) is 0 Å². The molecule has 1 N–H and O–H groups in total. The van der Waals surface area contributed by atoms with E-state index in [1.807, 2.05) is 42.5 Å². The standard InChI is InChI=1S/C33H38BrCl2N3O5/c1-38(32(40)23-19-29(42-2)31(34)30(20-23)43-3)21-28(37-44-4)25(22-10-11-26(35)27(36)18-22)12-15-39-16-13-33(41,14-17-39)24-8-6-5-7-9-24/h5-11,18-20,25,41H,12-17,21H2,1-4H3/b37-28+. The first kappa shape index (κ1) is 34.1. The SMILES string of the molecule is CO/N=C(\CN(C)C(=O)c1cc(OC)c(Br)c(OC)c1)C(CCN1CCC(O)(c2ccccc2)CC1)c1ccc(Cl)c(Cl)c1. The molecule has 11 heteroatoms. The van der Waals surface area contributed by atoms with Crippen LogP contribution in [0.3, 0.4) is 0 Å². The summed E-state index contributed by atoms with van der Waals surface area (Å²) in [5.41, 5.74) is 2.12. The van der Waals surface area contributed by atoms with Crippen LogP contribution in [0.5, 0.6) is 11.5 Å². The van der Waals surface area contributed by atoms with E-state index in [1.54, 1.807) is 30.1 Å². The van der Waals surface area contributed by atoms with Crippen molar-refractivity contribution in [1.29, 1.82) is 0 Å². The second-order valence-electron chi connectivity index (χ2n) is 10.9. The molecule has 1 atom stereocenters. The lowest BCUT2D eigenvalue weighted by Gasteiger charge is -2.39. The van der Waals surface area contributed by atoms with E-state index in [2.05, 4.69) is 26.0 Å². The summed E-state index contributed by atoms with van der Waals surface area (Å²) in [6.07, 6.45) is 1.97. The van der Waals surface area contributed by atoms with Crippen molar-refractivity contribution in [2.75, 3.05) is 54.6 Å². The summed E-state index contributed by atoms with van der Waals surface area (Å²) >= 11 is 16.2. The highest BCUT2D eigenvalue weighted by molar-refractivity contribution is 9.10. The van der Waals surface area contributed by atoms with Gasteiger partial charge in [0.1, 0.15) is 23.1 Å². The fourth-order valence-corrected chi connectivity index (χ4v) is 6.46. The molecule has 1 amide bonds. The Hall–Kier alpha value is -2.82. The van der Waals surface area contributed by atoms with Crippen molar-refractivity contribution in [2.24, 2.45) is 5.16 Å². The Morgan fingerprint density at radius 3 is 2.23 bits per heavy atom. The lowest BCUT2D eigenvalue weighted by atomic mass is 9.84. The quantitative estimate of drug-likeness (QED) is 0.161. The van der Waals surface area contributed by atoms with Crippen LogP contribution < -0.4 is 9.47 Å². The predicted molar refractivity (Wildman–Crippen MR) is 178 cm³/mol. The smallest absolute Gasteiger partial charge is 0.254 e. The molecule has 0 bridgehead atoms. The van der Waals surface area contributed by atoms with Crippen molar-refractivity contribution in [1.82, 2.24) is 9.80 Å². The second-order valence-corrected chi connectivity index (χ2v) is 12.5. The first-order valence-electron chi connectivity index (χ1n) is 14.3. The molecule has 0 radical (unpaired) electrons. The Morgan fingerprint density at radius 1 is 1.02 bits per heavy atom. The van der Waals surface area contributed by atoms with E-state index in [4.69, 9.17) is 37.5 Å². The largest absolute Gasteiger partial charge is 0.495 e. The van der Waals surface area contributed by atoms with E-state index < -0.39 is 5.60 Å². The summed E-state index contributed by atoms with van der Waals surface area (Å²) in [6, 6.07) is 18.7. The van der Waals surface area contributed by atoms with Crippen molar-refractivity contribution in [2.45, 2.75) is 30.8 Å². The van der Waals surface area contributed by atoms with Crippen molar-refractivity contribution < 1.29 is 24.2 Å². The van der Waals surface area contributed by atoms with E-state index in [0.29, 0.717) is 56.6 Å². The highest BCUT2D eigenvalue weighted by Crippen LogP contribution is 2.37. The zero-order valence-electron chi connectivity index (χ0n) is 25.4. The van der Waals surface area contributed by atoms with Gasteiger partial charge < -0.3 is 29.2 Å². The molecule has 4 rings (SSSR count). The molecular weight excluding hydrogens is 669 g/mol. The zero-order valence-corrected chi connectivity index (χ0v) is 28.5. The number of carbonyl (C=O) groups excluding carboxylic acids is 1. The first-order chi connectivity index (χ1) is 21.1. The number of halogens is 3. The number of benzene rings is 3. The highest BCUT2D eigenvalue weighted by Gasteiger charge is 2.34. The lowest BCUT2D eigenvalue weighted by molar-refractivity contribution is -0.0261. The molecule has 0 aliphatic carbocycles. The normalized spacial score (nSPS) is 15.9. The van der Waals surface area contributed by atoms with Gasteiger partial charge in [-0.1, -0.05) is 64.8 Å². The van der Waals surface area contributed by atoms with Crippen LogP contribution in [-0.2, 0) is 10.4 Å². The van der Waals surface area contributed by atoms with Gasteiger partial charge in [-0.2, -0.15) is 0 Å². The third-order valence-corrected chi connectivity index (χ3v) is 9.64. The maximum atomic E-state index is 13.6. The minimum atomic E-state index is -0.828. The molecule has 0 saturated carbocycles. The Morgan fingerprint density at radius 2 is 1.66 bits per heavy atom. The van der Waals surface area contributed by atoms with Crippen molar-refractivity contribution in [3.05, 3.63) is 91.9 Å². The van der Waals surface area contributed by atoms with Crippen LogP contribution in [0, 0.1) is 0 Å². The summed E-state index contributed by atoms with van der Waals surface area (Å²) < 4.78 is 11.5. The molecule has 1 unspecified atom stereocenters. The van der Waals surface area contributed by atoms with E-state index in [0.717, 1.165) is 30.8 Å². The number of amides is 1. The molecule has 8 nitrogen and oxygen atoms in total. The molecular formula is C33H38BrCl2N3O5. The minimum absolute atomic E-state index is 0.200. The van der Waals surface area contributed by atoms with Crippen molar-refractivity contribution in [3.63, 3.8) is 0 Å². The number of hydrogen-bond acceptors (Lipinski definition) is 7.